The molecular weight excluding hydrogens is 261 g/mol. The van der Waals surface area contributed by atoms with Crippen molar-refractivity contribution < 1.29 is 9.18 Å². The second-order valence-electron chi connectivity index (χ2n) is 3.69. The van der Waals surface area contributed by atoms with Gasteiger partial charge >= 0.3 is 0 Å². The van der Waals surface area contributed by atoms with Crippen LogP contribution in [0, 0.1) is 5.82 Å². The topological polar surface area (TPSA) is 20.3 Å². The molecule has 4 heteroatoms. The van der Waals surface area contributed by atoms with E-state index in [-0.39, 0.29) is 18.0 Å². The van der Waals surface area contributed by atoms with Crippen LogP contribution in [0.2, 0.25) is 0 Å². The van der Waals surface area contributed by atoms with Gasteiger partial charge in [0.2, 0.25) is 0 Å². The highest BCUT2D eigenvalue weighted by Gasteiger charge is 2.09. The highest BCUT2D eigenvalue weighted by Crippen LogP contribution is 2.15. The third kappa shape index (κ3) is 4.10. The van der Waals surface area contributed by atoms with Crippen molar-refractivity contribution in [2.24, 2.45) is 0 Å². The number of hydrogen-bond acceptors (Lipinski definition) is 2. The fourth-order valence-corrected chi connectivity index (χ4v) is 1.62. The third-order valence-electron chi connectivity index (χ3n) is 1.90. The fraction of sp³-hybridized carbons (Fsp3) is 0.364. The number of carbonyl (C=O) groups excluding carboxylic acids is 1. The van der Waals surface area contributed by atoms with Gasteiger partial charge in [-0.15, -0.1) is 0 Å². The van der Waals surface area contributed by atoms with Crippen LogP contribution in [0.5, 0.6) is 0 Å². The van der Waals surface area contributed by atoms with Gasteiger partial charge in [0, 0.05) is 10.9 Å². The van der Waals surface area contributed by atoms with Crippen LogP contribution in [0.3, 0.4) is 0 Å². The first-order chi connectivity index (χ1) is 6.99. The number of carbonyl (C=O) groups is 1. The van der Waals surface area contributed by atoms with Crippen LogP contribution in [0.4, 0.5) is 4.39 Å². The van der Waals surface area contributed by atoms with Gasteiger partial charge in [-0.05, 0) is 31.8 Å². The SMILES string of the molecule is CN(C)CC(=O)Cc1ccc(Br)cc1F. The molecule has 1 rings (SSSR count). The Kier molecular flexibility index (Phi) is 4.42. The lowest BCUT2D eigenvalue weighted by Gasteiger charge is -2.08. The summed E-state index contributed by atoms with van der Waals surface area (Å²) in [7, 11) is 3.63. The highest BCUT2D eigenvalue weighted by molar-refractivity contribution is 9.10. The van der Waals surface area contributed by atoms with Gasteiger partial charge in [-0.3, -0.25) is 4.79 Å². The van der Waals surface area contributed by atoms with Crippen LogP contribution in [0.15, 0.2) is 22.7 Å². The number of hydrogen-bond donors (Lipinski definition) is 0. The lowest BCUT2D eigenvalue weighted by molar-refractivity contribution is -0.119. The maximum absolute atomic E-state index is 13.4. The Morgan fingerprint density at radius 2 is 2.13 bits per heavy atom. The van der Waals surface area contributed by atoms with Crippen molar-refractivity contribution >= 4 is 21.7 Å². The second kappa shape index (κ2) is 5.37. The van der Waals surface area contributed by atoms with Gasteiger partial charge in [0.25, 0.3) is 0 Å². The molecular formula is C11H13BrFNO. The van der Waals surface area contributed by atoms with E-state index in [0.29, 0.717) is 16.6 Å². The third-order valence-corrected chi connectivity index (χ3v) is 2.39. The average Bonchev–Trinajstić information content (AvgIpc) is 2.08. The minimum atomic E-state index is -0.337. The smallest absolute Gasteiger partial charge is 0.151 e. The zero-order valence-electron chi connectivity index (χ0n) is 8.76. The van der Waals surface area contributed by atoms with Crippen molar-refractivity contribution in [3.8, 4) is 0 Å². The van der Waals surface area contributed by atoms with Crippen molar-refractivity contribution in [1.82, 2.24) is 4.90 Å². The summed E-state index contributed by atoms with van der Waals surface area (Å²) in [6.07, 6.45) is 0.150. The van der Waals surface area contributed by atoms with Crippen molar-refractivity contribution in [3.63, 3.8) is 0 Å². The molecule has 0 aliphatic carbocycles. The van der Waals surface area contributed by atoms with Gasteiger partial charge < -0.3 is 4.90 Å². The number of nitrogens with zero attached hydrogens (tertiary/aromatic N) is 1. The molecule has 0 bridgehead atoms. The van der Waals surface area contributed by atoms with E-state index in [2.05, 4.69) is 15.9 Å². The first-order valence-electron chi connectivity index (χ1n) is 4.59. The van der Waals surface area contributed by atoms with Crippen LogP contribution < -0.4 is 0 Å². The van der Waals surface area contributed by atoms with E-state index >= 15 is 0 Å². The maximum atomic E-state index is 13.4. The Bertz CT molecular complexity index is 366. The van der Waals surface area contributed by atoms with Gasteiger partial charge in [0.1, 0.15) is 5.82 Å². The number of benzene rings is 1. The molecule has 0 amide bonds. The number of likely N-dealkylation sites (N-methyl/N-ethyl adjacent to an activating group) is 1. The minimum absolute atomic E-state index is 0.0150. The summed E-state index contributed by atoms with van der Waals surface area (Å²) in [5, 5.41) is 0. The number of rotatable bonds is 4. The quantitative estimate of drug-likeness (QED) is 0.839. The molecule has 0 unspecified atom stereocenters. The predicted molar refractivity (Wildman–Crippen MR) is 61.4 cm³/mol. The number of ketones is 1. The zero-order chi connectivity index (χ0) is 11.4. The van der Waals surface area contributed by atoms with E-state index in [1.807, 2.05) is 14.1 Å². The number of Topliss-reactive ketones (excluding diaryl/α,β-unsaturated/α-hetero) is 1. The molecule has 0 aromatic heterocycles. The van der Waals surface area contributed by atoms with Crippen LogP contribution in [0.1, 0.15) is 5.56 Å². The van der Waals surface area contributed by atoms with Crippen LogP contribution >= 0.6 is 15.9 Å². The molecule has 0 aliphatic heterocycles. The van der Waals surface area contributed by atoms with E-state index in [9.17, 15) is 9.18 Å². The summed E-state index contributed by atoms with van der Waals surface area (Å²) >= 11 is 3.17. The molecule has 2 nitrogen and oxygen atoms in total. The first kappa shape index (κ1) is 12.3. The van der Waals surface area contributed by atoms with E-state index in [1.165, 1.54) is 6.07 Å². The Labute approximate surface area is 97.2 Å². The van der Waals surface area contributed by atoms with Crippen molar-refractivity contribution in [1.29, 1.82) is 0 Å². The summed E-state index contributed by atoms with van der Waals surface area (Å²) in [5.74, 6) is -0.322. The monoisotopic (exact) mass is 273 g/mol. The molecule has 0 fully saturated rings. The zero-order valence-corrected chi connectivity index (χ0v) is 10.3. The second-order valence-corrected chi connectivity index (χ2v) is 4.60. The van der Waals surface area contributed by atoms with E-state index in [0.717, 1.165) is 0 Å². The molecule has 0 radical (unpaired) electrons. The minimum Gasteiger partial charge on any atom is -0.302 e. The van der Waals surface area contributed by atoms with E-state index in [1.54, 1.807) is 17.0 Å². The summed E-state index contributed by atoms with van der Waals surface area (Å²) in [6.45, 7) is 0.343. The Morgan fingerprint density at radius 1 is 1.47 bits per heavy atom. The largest absolute Gasteiger partial charge is 0.302 e. The van der Waals surface area contributed by atoms with Gasteiger partial charge in [0.15, 0.2) is 5.78 Å². The molecule has 0 spiro atoms. The average molecular weight is 274 g/mol. The summed E-state index contributed by atoms with van der Waals surface area (Å²) in [4.78, 5) is 13.2. The molecule has 0 saturated carbocycles. The Morgan fingerprint density at radius 3 is 2.67 bits per heavy atom. The van der Waals surface area contributed by atoms with E-state index < -0.39 is 0 Å². The maximum Gasteiger partial charge on any atom is 0.151 e. The molecule has 82 valence electrons. The number of halogens is 2. The highest BCUT2D eigenvalue weighted by atomic mass is 79.9. The molecule has 0 heterocycles. The fourth-order valence-electron chi connectivity index (χ4n) is 1.29. The molecule has 1 aromatic carbocycles. The summed E-state index contributed by atoms with van der Waals surface area (Å²) < 4.78 is 14.0. The normalized spacial score (nSPS) is 10.7. The molecule has 0 N–H and O–H groups in total. The summed E-state index contributed by atoms with van der Waals surface area (Å²) in [5.41, 5.74) is 0.449. The van der Waals surface area contributed by atoms with Crippen LogP contribution in [0.25, 0.3) is 0 Å². The van der Waals surface area contributed by atoms with Crippen LogP contribution in [-0.4, -0.2) is 31.3 Å². The lowest BCUT2D eigenvalue weighted by Crippen LogP contribution is -2.23. The predicted octanol–water partition coefficient (Wildman–Crippen LogP) is 2.26. The first-order valence-corrected chi connectivity index (χ1v) is 5.38. The van der Waals surface area contributed by atoms with Gasteiger partial charge in [-0.1, -0.05) is 22.0 Å². The summed E-state index contributed by atoms with van der Waals surface area (Å²) in [6, 6.07) is 4.74. The molecule has 15 heavy (non-hydrogen) atoms. The van der Waals surface area contributed by atoms with Gasteiger partial charge in [-0.2, -0.15) is 0 Å². The van der Waals surface area contributed by atoms with Gasteiger partial charge in [0.05, 0.1) is 6.54 Å². The van der Waals surface area contributed by atoms with Crippen molar-refractivity contribution in [2.75, 3.05) is 20.6 Å². The molecule has 0 aliphatic rings. The molecule has 1 aromatic rings. The lowest BCUT2D eigenvalue weighted by atomic mass is 10.1. The molecule has 0 saturated heterocycles. The standard InChI is InChI=1S/C11H13BrFNO/c1-14(2)7-10(15)5-8-3-4-9(12)6-11(8)13/h3-4,6H,5,7H2,1-2H3. The molecule has 0 atom stereocenters. The Balaban J connectivity index is 2.68. The van der Waals surface area contributed by atoms with E-state index in [4.69, 9.17) is 0 Å². The van der Waals surface area contributed by atoms with Crippen molar-refractivity contribution in [3.05, 3.63) is 34.1 Å². The van der Waals surface area contributed by atoms with Crippen LogP contribution in [-0.2, 0) is 11.2 Å². The van der Waals surface area contributed by atoms with Crippen molar-refractivity contribution in [2.45, 2.75) is 6.42 Å². The van der Waals surface area contributed by atoms with Gasteiger partial charge in [-0.25, -0.2) is 4.39 Å². The Hall–Kier alpha value is -0.740.